The second-order valence-corrected chi connectivity index (χ2v) is 6.84. The topological polar surface area (TPSA) is 67.5 Å². The lowest BCUT2D eigenvalue weighted by molar-refractivity contribution is -0.120. The molecule has 1 saturated carbocycles. The maximum atomic E-state index is 12.3. The summed E-state index contributed by atoms with van der Waals surface area (Å²) in [6.45, 7) is 3.93. The van der Waals surface area contributed by atoms with Gasteiger partial charge < -0.3 is 14.4 Å². The molecule has 120 valence electrons. The largest absolute Gasteiger partial charge is 0.381 e. The number of likely N-dealkylation sites (tertiary alicyclic amines) is 1. The van der Waals surface area contributed by atoms with Crippen LogP contribution >= 0.6 is 0 Å². The molecule has 3 fully saturated rings. The molecule has 1 amide bonds. The fourth-order valence-corrected chi connectivity index (χ4v) is 3.59. The van der Waals surface area contributed by atoms with Crippen LogP contribution in [0.25, 0.3) is 0 Å². The van der Waals surface area contributed by atoms with Crippen molar-refractivity contribution in [2.75, 3.05) is 32.9 Å². The van der Waals surface area contributed by atoms with E-state index < -0.39 is 0 Å². The van der Waals surface area contributed by atoms with Crippen molar-refractivity contribution in [3.63, 3.8) is 0 Å². The lowest BCUT2D eigenvalue weighted by Gasteiger charge is -2.50. The van der Waals surface area contributed by atoms with E-state index in [-0.39, 0.29) is 11.5 Å². The molecule has 0 unspecified atom stereocenters. The van der Waals surface area contributed by atoms with Gasteiger partial charge >= 0.3 is 0 Å². The maximum Gasteiger partial charge on any atom is 0.272 e. The molecule has 2 saturated heterocycles. The van der Waals surface area contributed by atoms with E-state index in [0.717, 1.165) is 38.6 Å². The number of carbonyl (C=O) groups excluding carboxylic acids is 1. The standard InChI is InChI=1S/C16H23N3O3/c20-15(14-3-6-17-18-14)19-10-16(11-19)13(5-8-22-16)4-7-21-9-12-1-2-12/h3,6,12-13H,1-2,4-5,7-11H2,(H,17,18)/t13-/m1/s1. The second-order valence-electron chi connectivity index (χ2n) is 6.84. The monoisotopic (exact) mass is 305 g/mol. The molecule has 0 aromatic carbocycles. The Labute approximate surface area is 130 Å². The Balaban J connectivity index is 1.27. The highest BCUT2D eigenvalue weighted by atomic mass is 16.5. The fraction of sp³-hybridized carbons (Fsp3) is 0.750. The summed E-state index contributed by atoms with van der Waals surface area (Å²) in [5, 5.41) is 6.57. The summed E-state index contributed by atoms with van der Waals surface area (Å²) < 4.78 is 11.8. The van der Waals surface area contributed by atoms with Gasteiger partial charge in [-0.3, -0.25) is 9.89 Å². The highest BCUT2D eigenvalue weighted by Crippen LogP contribution is 2.42. The first kappa shape index (κ1) is 14.2. The number of ether oxygens (including phenoxy) is 2. The number of amides is 1. The Morgan fingerprint density at radius 2 is 2.32 bits per heavy atom. The van der Waals surface area contributed by atoms with Gasteiger partial charge in [-0.2, -0.15) is 5.10 Å². The zero-order valence-electron chi connectivity index (χ0n) is 12.8. The normalized spacial score (nSPS) is 26.4. The summed E-state index contributed by atoms with van der Waals surface area (Å²) in [5.74, 6) is 1.35. The molecule has 6 heteroatoms. The predicted molar refractivity (Wildman–Crippen MR) is 79.4 cm³/mol. The van der Waals surface area contributed by atoms with E-state index in [1.807, 2.05) is 4.90 Å². The van der Waals surface area contributed by atoms with Crippen LogP contribution in [0.4, 0.5) is 0 Å². The van der Waals surface area contributed by atoms with E-state index in [2.05, 4.69) is 10.2 Å². The van der Waals surface area contributed by atoms with Crippen molar-refractivity contribution in [2.45, 2.75) is 31.3 Å². The van der Waals surface area contributed by atoms with E-state index in [4.69, 9.17) is 9.47 Å². The minimum atomic E-state index is -0.126. The zero-order chi connectivity index (χ0) is 15.0. The first-order valence-electron chi connectivity index (χ1n) is 8.27. The highest BCUT2D eigenvalue weighted by molar-refractivity contribution is 5.93. The number of aromatic nitrogens is 2. The molecule has 1 aromatic heterocycles. The van der Waals surface area contributed by atoms with E-state index in [1.165, 1.54) is 12.8 Å². The van der Waals surface area contributed by atoms with Crippen LogP contribution in [-0.2, 0) is 9.47 Å². The van der Waals surface area contributed by atoms with Gasteiger partial charge in [0.1, 0.15) is 11.3 Å². The number of hydrogen-bond donors (Lipinski definition) is 1. The molecule has 22 heavy (non-hydrogen) atoms. The summed E-state index contributed by atoms with van der Waals surface area (Å²) in [5.41, 5.74) is 0.427. The van der Waals surface area contributed by atoms with Gasteiger partial charge in [0.05, 0.1) is 13.1 Å². The Bertz CT molecular complexity index is 521. The number of carbonyl (C=O) groups is 1. The third-order valence-electron chi connectivity index (χ3n) is 5.20. The Morgan fingerprint density at radius 1 is 1.45 bits per heavy atom. The van der Waals surface area contributed by atoms with E-state index in [1.54, 1.807) is 12.3 Å². The van der Waals surface area contributed by atoms with Crippen molar-refractivity contribution in [1.29, 1.82) is 0 Å². The summed E-state index contributed by atoms with van der Waals surface area (Å²) in [6, 6.07) is 1.71. The Kier molecular flexibility index (Phi) is 3.66. The summed E-state index contributed by atoms with van der Waals surface area (Å²) in [4.78, 5) is 14.1. The molecule has 3 heterocycles. The van der Waals surface area contributed by atoms with Crippen LogP contribution in [0.3, 0.4) is 0 Å². The SMILES string of the molecule is O=C(c1ccn[nH]1)N1CC2(C1)OCC[C@H]2CCOCC1CC1. The summed E-state index contributed by atoms with van der Waals surface area (Å²) >= 11 is 0. The average molecular weight is 305 g/mol. The minimum absolute atomic E-state index is 0.0161. The van der Waals surface area contributed by atoms with Crippen molar-refractivity contribution < 1.29 is 14.3 Å². The lowest BCUT2D eigenvalue weighted by atomic mass is 9.79. The molecule has 4 rings (SSSR count). The van der Waals surface area contributed by atoms with Crippen LogP contribution in [0.15, 0.2) is 12.3 Å². The Hall–Kier alpha value is -1.40. The molecule has 3 aliphatic rings. The number of nitrogens with zero attached hydrogens (tertiary/aromatic N) is 2. The van der Waals surface area contributed by atoms with E-state index >= 15 is 0 Å². The number of rotatable bonds is 6. The van der Waals surface area contributed by atoms with Crippen molar-refractivity contribution in [2.24, 2.45) is 11.8 Å². The van der Waals surface area contributed by atoms with Gasteiger partial charge in [0.2, 0.25) is 0 Å². The molecule has 1 aliphatic carbocycles. The smallest absolute Gasteiger partial charge is 0.272 e. The van der Waals surface area contributed by atoms with Crippen LogP contribution in [0.5, 0.6) is 0 Å². The van der Waals surface area contributed by atoms with Crippen molar-refractivity contribution in [3.05, 3.63) is 18.0 Å². The molecule has 1 spiro atoms. The van der Waals surface area contributed by atoms with Crippen molar-refractivity contribution in [1.82, 2.24) is 15.1 Å². The molecule has 1 atom stereocenters. The Morgan fingerprint density at radius 3 is 3.05 bits per heavy atom. The zero-order valence-corrected chi connectivity index (χ0v) is 12.8. The van der Waals surface area contributed by atoms with Gasteiger partial charge in [-0.1, -0.05) is 0 Å². The number of nitrogens with one attached hydrogen (secondary N) is 1. The van der Waals surface area contributed by atoms with Crippen LogP contribution in [0.2, 0.25) is 0 Å². The third kappa shape index (κ3) is 2.65. The molecule has 2 aliphatic heterocycles. The minimum Gasteiger partial charge on any atom is -0.381 e. The van der Waals surface area contributed by atoms with Gasteiger partial charge in [-0.05, 0) is 43.6 Å². The quantitative estimate of drug-likeness (QED) is 0.808. The third-order valence-corrected chi connectivity index (χ3v) is 5.20. The molecular weight excluding hydrogens is 282 g/mol. The van der Waals surface area contributed by atoms with E-state index in [9.17, 15) is 4.79 Å². The summed E-state index contributed by atoms with van der Waals surface area (Å²) in [6.07, 6.45) is 6.40. The number of H-pyrrole nitrogens is 1. The molecular formula is C16H23N3O3. The number of aromatic amines is 1. The fourth-order valence-electron chi connectivity index (χ4n) is 3.59. The van der Waals surface area contributed by atoms with Gasteiger partial charge in [0, 0.05) is 26.0 Å². The lowest BCUT2D eigenvalue weighted by Crippen LogP contribution is -2.66. The van der Waals surface area contributed by atoms with Gasteiger partial charge in [-0.25, -0.2) is 0 Å². The first-order chi connectivity index (χ1) is 10.8. The number of hydrogen-bond acceptors (Lipinski definition) is 4. The highest BCUT2D eigenvalue weighted by Gasteiger charge is 2.54. The molecule has 1 aromatic rings. The summed E-state index contributed by atoms with van der Waals surface area (Å²) in [7, 11) is 0. The maximum absolute atomic E-state index is 12.3. The molecule has 0 radical (unpaired) electrons. The molecule has 1 N–H and O–H groups in total. The average Bonchev–Trinajstić information content (AvgIpc) is 3.01. The van der Waals surface area contributed by atoms with E-state index in [0.29, 0.717) is 24.7 Å². The first-order valence-corrected chi connectivity index (χ1v) is 8.27. The van der Waals surface area contributed by atoms with Gasteiger partial charge in [0.25, 0.3) is 5.91 Å². The van der Waals surface area contributed by atoms with Crippen molar-refractivity contribution in [3.8, 4) is 0 Å². The van der Waals surface area contributed by atoms with Crippen molar-refractivity contribution >= 4 is 5.91 Å². The van der Waals surface area contributed by atoms with Crippen LogP contribution in [-0.4, -0.2) is 59.5 Å². The predicted octanol–water partition coefficient (Wildman–Crippen LogP) is 1.46. The van der Waals surface area contributed by atoms with Crippen LogP contribution in [0, 0.1) is 11.8 Å². The molecule has 6 nitrogen and oxygen atoms in total. The van der Waals surface area contributed by atoms with Crippen LogP contribution < -0.4 is 0 Å². The van der Waals surface area contributed by atoms with Gasteiger partial charge in [0.15, 0.2) is 0 Å². The van der Waals surface area contributed by atoms with Gasteiger partial charge in [-0.15, -0.1) is 0 Å². The van der Waals surface area contributed by atoms with Crippen LogP contribution in [0.1, 0.15) is 36.2 Å². The molecule has 0 bridgehead atoms. The second kappa shape index (κ2) is 5.66.